The third-order valence-corrected chi connectivity index (χ3v) is 2.51. The maximum absolute atomic E-state index is 11.3. The van der Waals surface area contributed by atoms with Gasteiger partial charge in [0.2, 0.25) is 0 Å². The van der Waals surface area contributed by atoms with Crippen molar-refractivity contribution in [3.8, 4) is 0 Å². The van der Waals surface area contributed by atoms with Gasteiger partial charge in [-0.1, -0.05) is 6.07 Å². The second kappa shape index (κ2) is 3.98. The van der Waals surface area contributed by atoms with Crippen molar-refractivity contribution in [2.45, 2.75) is 0 Å². The van der Waals surface area contributed by atoms with E-state index in [1.807, 2.05) is 12.1 Å². The lowest BCUT2D eigenvalue weighted by Crippen LogP contribution is -2.00. The van der Waals surface area contributed by atoms with Gasteiger partial charge in [0.25, 0.3) is 0 Å². The first-order valence-electron chi connectivity index (χ1n) is 4.34. The molecule has 4 heteroatoms. The predicted molar refractivity (Wildman–Crippen MR) is 60.8 cm³/mol. The SMILES string of the molecule is COC(=O)c1ccc2cc(Br)cnc2c1. The Morgan fingerprint density at radius 1 is 1.40 bits per heavy atom. The molecule has 3 nitrogen and oxygen atoms in total. The lowest BCUT2D eigenvalue weighted by Gasteiger charge is -2.01. The number of esters is 1. The first-order valence-corrected chi connectivity index (χ1v) is 5.13. The summed E-state index contributed by atoms with van der Waals surface area (Å²) in [6.07, 6.45) is 1.70. The highest BCUT2D eigenvalue weighted by Crippen LogP contribution is 2.18. The molecule has 0 aliphatic heterocycles. The molecule has 0 saturated heterocycles. The zero-order chi connectivity index (χ0) is 10.8. The lowest BCUT2D eigenvalue weighted by atomic mass is 10.1. The molecule has 2 aromatic rings. The van der Waals surface area contributed by atoms with E-state index in [0.717, 1.165) is 15.4 Å². The van der Waals surface area contributed by atoms with Gasteiger partial charge in [-0.3, -0.25) is 4.98 Å². The Balaban J connectivity index is 2.57. The van der Waals surface area contributed by atoms with Gasteiger partial charge in [-0.2, -0.15) is 0 Å². The average molecular weight is 266 g/mol. The first-order chi connectivity index (χ1) is 7.20. The summed E-state index contributed by atoms with van der Waals surface area (Å²) >= 11 is 3.34. The Morgan fingerprint density at radius 3 is 2.93 bits per heavy atom. The van der Waals surface area contributed by atoms with E-state index in [1.54, 1.807) is 18.3 Å². The Morgan fingerprint density at radius 2 is 2.20 bits per heavy atom. The number of carbonyl (C=O) groups excluding carboxylic acids is 1. The molecule has 2 rings (SSSR count). The lowest BCUT2D eigenvalue weighted by molar-refractivity contribution is 0.0601. The van der Waals surface area contributed by atoms with Crippen LogP contribution >= 0.6 is 15.9 Å². The number of benzene rings is 1. The number of rotatable bonds is 1. The van der Waals surface area contributed by atoms with Crippen molar-refractivity contribution in [2.75, 3.05) is 7.11 Å². The molecule has 0 bridgehead atoms. The number of pyridine rings is 1. The molecular formula is C11H8BrNO2. The highest BCUT2D eigenvalue weighted by Gasteiger charge is 2.06. The van der Waals surface area contributed by atoms with Gasteiger partial charge >= 0.3 is 5.97 Å². The Hall–Kier alpha value is -1.42. The second-order valence-corrected chi connectivity index (χ2v) is 3.97. The quantitative estimate of drug-likeness (QED) is 0.745. The molecule has 0 aliphatic rings. The summed E-state index contributed by atoms with van der Waals surface area (Å²) in [4.78, 5) is 15.5. The third-order valence-electron chi connectivity index (χ3n) is 2.07. The number of methoxy groups -OCH3 is 1. The summed E-state index contributed by atoms with van der Waals surface area (Å²) < 4.78 is 5.55. The Bertz CT molecular complexity index is 525. The van der Waals surface area contributed by atoms with Crippen molar-refractivity contribution in [3.63, 3.8) is 0 Å². The van der Waals surface area contributed by atoms with Crippen LogP contribution in [0.3, 0.4) is 0 Å². The van der Waals surface area contributed by atoms with Crippen LogP contribution in [0.1, 0.15) is 10.4 Å². The number of aromatic nitrogens is 1. The van der Waals surface area contributed by atoms with Gasteiger partial charge in [0.1, 0.15) is 0 Å². The summed E-state index contributed by atoms with van der Waals surface area (Å²) in [6.45, 7) is 0. The molecule has 15 heavy (non-hydrogen) atoms. The van der Waals surface area contributed by atoms with Crippen LogP contribution in [-0.4, -0.2) is 18.1 Å². The highest BCUT2D eigenvalue weighted by atomic mass is 79.9. The molecule has 0 aliphatic carbocycles. The van der Waals surface area contributed by atoms with Crippen LogP contribution in [0.4, 0.5) is 0 Å². The number of nitrogens with zero attached hydrogens (tertiary/aromatic N) is 1. The zero-order valence-corrected chi connectivity index (χ0v) is 9.61. The van der Waals surface area contributed by atoms with Gasteiger partial charge in [0.05, 0.1) is 18.2 Å². The van der Waals surface area contributed by atoms with E-state index >= 15 is 0 Å². The summed E-state index contributed by atoms with van der Waals surface area (Å²) in [6, 6.07) is 7.23. The van der Waals surface area contributed by atoms with Gasteiger partial charge in [-0.15, -0.1) is 0 Å². The topological polar surface area (TPSA) is 39.2 Å². The molecule has 0 fully saturated rings. The maximum atomic E-state index is 11.3. The minimum Gasteiger partial charge on any atom is -0.465 e. The Kier molecular flexibility index (Phi) is 2.68. The van der Waals surface area contributed by atoms with Crippen LogP contribution in [0.2, 0.25) is 0 Å². The molecule has 0 amide bonds. The van der Waals surface area contributed by atoms with E-state index in [-0.39, 0.29) is 5.97 Å². The van der Waals surface area contributed by atoms with E-state index in [0.29, 0.717) is 5.56 Å². The van der Waals surface area contributed by atoms with Crippen LogP contribution in [0, 0.1) is 0 Å². The van der Waals surface area contributed by atoms with E-state index in [1.165, 1.54) is 7.11 Å². The zero-order valence-electron chi connectivity index (χ0n) is 8.03. The molecule has 0 unspecified atom stereocenters. The number of fused-ring (bicyclic) bond motifs is 1. The van der Waals surface area contributed by atoms with Crippen molar-refractivity contribution in [1.29, 1.82) is 0 Å². The van der Waals surface area contributed by atoms with Crippen molar-refractivity contribution in [3.05, 3.63) is 40.5 Å². The molecule has 1 aromatic carbocycles. The maximum Gasteiger partial charge on any atom is 0.337 e. The van der Waals surface area contributed by atoms with E-state index in [2.05, 4.69) is 25.7 Å². The number of halogens is 1. The van der Waals surface area contributed by atoms with E-state index in [4.69, 9.17) is 0 Å². The molecule has 0 spiro atoms. The van der Waals surface area contributed by atoms with Crippen LogP contribution in [0.15, 0.2) is 34.9 Å². The van der Waals surface area contributed by atoms with Gasteiger partial charge in [-0.25, -0.2) is 4.79 Å². The fraction of sp³-hybridized carbons (Fsp3) is 0.0909. The number of ether oxygens (including phenoxy) is 1. The molecule has 0 radical (unpaired) electrons. The van der Waals surface area contributed by atoms with Gasteiger partial charge in [0.15, 0.2) is 0 Å². The fourth-order valence-electron chi connectivity index (χ4n) is 1.34. The first kappa shape index (κ1) is 10.1. The fourth-order valence-corrected chi connectivity index (χ4v) is 1.69. The summed E-state index contributed by atoms with van der Waals surface area (Å²) in [5.74, 6) is -0.346. The minimum absolute atomic E-state index is 0.346. The van der Waals surface area contributed by atoms with Crippen molar-refractivity contribution in [1.82, 2.24) is 4.98 Å². The molecule has 1 heterocycles. The molecular weight excluding hydrogens is 258 g/mol. The molecule has 0 N–H and O–H groups in total. The third kappa shape index (κ3) is 1.99. The monoisotopic (exact) mass is 265 g/mol. The second-order valence-electron chi connectivity index (χ2n) is 3.05. The van der Waals surface area contributed by atoms with Crippen molar-refractivity contribution >= 4 is 32.8 Å². The van der Waals surface area contributed by atoms with Crippen LogP contribution in [0.25, 0.3) is 10.9 Å². The van der Waals surface area contributed by atoms with E-state index in [9.17, 15) is 4.79 Å². The highest BCUT2D eigenvalue weighted by molar-refractivity contribution is 9.10. The number of carbonyl (C=O) groups is 1. The summed E-state index contributed by atoms with van der Waals surface area (Å²) in [5.41, 5.74) is 1.29. The largest absolute Gasteiger partial charge is 0.465 e. The minimum atomic E-state index is -0.346. The van der Waals surface area contributed by atoms with E-state index < -0.39 is 0 Å². The molecule has 1 aromatic heterocycles. The standard InChI is InChI=1S/C11H8BrNO2/c1-15-11(14)8-3-2-7-4-9(12)6-13-10(7)5-8/h2-6H,1H3. The van der Waals surface area contributed by atoms with Gasteiger partial charge < -0.3 is 4.74 Å². The Labute approximate surface area is 95.2 Å². The van der Waals surface area contributed by atoms with Crippen molar-refractivity contribution in [2.24, 2.45) is 0 Å². The van der Waals surface area contributed by atoms with Crippen LogP contribution < -0.4 is 0 Å². The van der Waals surface area contributed by atoms with Gasteiger partial charge in [-0.05, 0) is 34.1 Å². The van der Waals surface area contributed by atoms with Crippen LogP contribution in [-0.2, 0) is 4.74 Å². The molecule has 0 saturated carbocycles. The number of hydrogen-bond donors (Lipinski definition) is 0. The molecule has 0 atom stereocenters. The van der Waals surface area contributed by atoms with Gasteiger partial charge in [0, 0.05) is 16.1 Å². The summed E-state index contributed by atoms with van der Waals surface area (Å²) in [5, 5.41) is 0.983. The smallest absolute Gasteiger partial charge is 0.337 e. The van der Waals surface area contributed by atoms with Crippen LogP contribution in [0.5, 0.6) is 0 Å². The predicted octanol–water partition coefficient (Wildman–Crippen LogP) is 2.78. The normalized spacial score (nSPS) is 10.3. The molecule has 76 valence electrons. The number of hydrogen-bond acceptors (Lipinski definition) is 3. The summed E-state index contributed by atoms with van der Waals surface area (Å²) in [7, 11) is 1.36. The van der Waals surface area contributed by atoms with Crippen molar-refractivity contribution < 1.29 is 9.53 Å². The average Bonchev–Trinajstić information content (AvgIpc) is 2.27.